The van der Waals surface area contributed by atoms with E-state index in [-0.39, 0.29) is 17.2 Å². The summed E-state index contributed by atoms with van der Waals surface area (Å²) in [6.07, 6.45) is 3.19. The molecule has 2 atom stereocenters. The van der Waals surface area contributed by atoms with Crippen LogP contribution in [0.3, 0.4) is 0 Å². The van der Waals surface area contributed by atoms with Gasteiger partial charge in [0.25, 0.3) is 0 Å². The zero-order chi connectivity index (χ0) is 15.0. The predicted molar refractivity (Wildman–Crippen MR) is 73.3 cm³/mol. The number of nitriles is 1. The molecule has 6 nitrogen and oxygen atoms in total. The molecule has 1 N–H and O–H groups in total. The van der Waals surface area contributed by atoms with Crippen LogP contribution in [0.5, 0.6) is 5.75 Å². The summed E-state index contributed by atoms with van der Waals surface area (Å²) in [5.41, 5.74) is 0.386. The van der Waals surface area contributed by atoms with E-state index in [4.69, 9.17) is 14.6 Å². The highest BCUT2D eigenvalue weighted by molar-refractivity contribution is 5.84. The maximum Gasteiger partial charge on any atom is 0.343 e. The third kappa shape index (κ3) is 2.09. The van der Waals surface area contributed by atoms with Gasteiger partial charge in [-0.2, -0.15) is 5.26 Å². The van der Waals surface area contributed by atoms with Crippen LogP contribution in [0.2, 0.25) is 0 Å². The van der Waals surface area contributed by atoms with Gasteiger partial charge in [0.05, 0.1) is 11.6 Å². The molecule has 21 heavy (non-hydrogen) atoms. The van der Waals surface area contributed by atoms with Crippen LogP contribution in [0, 0.1) is 29.6 Å². The average molecular weight is 281 g/mol. The highest BCUT2D eigenvalue weighted by atomic mass is 16.5. The van der Waals surface area contributed by atoms with Gasteiger partial charge >= 0.3 is 5.63 Å². The molecular weight excluding hydrogens is 270 g/mol. The average Bonchev–Trinajstić information content (AvgIpc) is 2.46. The minimum absolute atomic E-state index is 0.177. The van der Waals surface area contributed by atoms with E-state index in [1.165, 1.54) is 0 Å². The molecule has 1 aliphatic heterocycles. The first-order valence-electron chi connectivity index (χ1n) is 6.32. The smallest absolute Gasteiger partial charge is 0.343 e. The molecule has 0 saturated carbocycles. The molecule has 6 heteroatoms. The number of hydrogen-bond acceptors (Lipinski definition) is 6. The molecule has 0 aromatic carbocycles. The molecule has 2 aromatic heterocycles. The van der Waals surface area contributed by atoms with Crippen molar-refractivity contribution >= 4 is 5.90 Å². The maximum atomic E-state index is 12.2. The summed E-state index contributed by atoms with van der Waals surface area (Å²) >= 11 is 0. The molecule has 2 aromatic rings. The number of aromatic nitrogens is 1. The summed E-state index contributed by atoms with van der Waals surface area (Å²) in [5.74, 6) is -1.01. The summed E-state index contributed by atoms with van der Waals surface area (Å²) in [6.45, 7) is 1.63. The molecule has 0 amide bonds. The van der Waals surface area contributed by atoms with Crippen LogP contribution in [-0.4, -0.2) is 10.9 Å². The second-order valence-electron chi connectivity index (χ2n) is 4.76. The number of aryl methyl sites for hydroxylation is 1. The van der Waals surface area contributed by atoms with Gasteiger partial charge < -0.3 is 9.15 Å². The Morgan fingerprint density at radius 1 is 1.48 bits per heavy atom. The minimum Gasteiger partial charge on any atom is -0.441 e. The predicted octanol–water partition coefficient (Wildman–Crippen LogP) is 1.98. The lowest BCUT2D eigenvalue weighted by molar-refractivity contribution is 0.402. The Morgan fingerprint density at radius 2 is 2.29 bits per heavy atom. The van der Waals surface area contributed by atoms with Gasteiger partial charge in [-0.25, -0.2) is 4.79 Å². The molecule has 3 rings (SSSR count). The van der Waals surface area contributed by atoms with E-state index < -0.39 is 17.5 Å². The Bertz CT molecular complexity index is 805. The third-order valence-electron chi connectivity index (χ3n) is 3.40. The fourth-order valence-corrected chi connectivity index (χ4v) is 2.51. The lowest BCUT2D eigenvalue weighted by atomic mass is 9.80. The maximum absolute atomic E-state index is 12.2. The van der Waals surface area contributed by atoms with Gasteiger partial charge in [-0.05, 0) is 18.6 Å². The van der Waals surface area contributed by atoms with Crippen LogP contribution in [0.25, 0.3) is 0 Å². The molecule has 0 bridgehead atoms. The number of fused-ring (bicyclic) bond motifs is 1. The van der Waals surface area contributed by atoms with Crippen LogP contribution < -0.4 is 10.4 Å². The van der Waals surface area contributed by atoms with Crippen molar-refractivity contribution < 1.29 is 9.15 Å². The number of hydrogen-bond donors (Lipinski definition) is 1. The molecule has 0 aliphatic carbocycles. The van der Waals surface area contributed by atoms with E-state index >= 15 is 0 Å². The number of nitrogens with one attached hydrogen (secondary N) is 1. The highest BCUT2D eigenvalue weighted by Gasteiger charge is 2.39. The summed E-state index contributed by atoms with van der Waals surface area (Å²) in [6, 6.07) is 7.07. The van der Waals surface area contributed by atoms with Crippen LogP contribution in [0.4, 0.5) is 0 Å². The first kappa shape index (κ1) is 13.1. The summed E-state index contributed by atoms with van der Waals surface area (Å²) in [5, 5.41) is 17.2. The van der Waals surface area contributed by atoms with E-state index in [2.05, 4.69) is 4.98 Å². The molecule has 0 spiro atoms. The quantitative estimate of drug-likeness (QED) is 0.861. The molecule has 0 radical (unpaired) electrons. The summed E-state index contributed by atoms with van der Waals surface area (Å²) < 4.78 is 10.4. The van der Waals surface area contributed by atoms with Crippen molar-refractivity contribution in [2.45, 2.75) is 12.8 Å². The van der Waals surface area contributed by atoms with E-state index in [1.54, 1.807) is 37.5 Å². The first-order valence-corrected chi connectivity index (χ1v) is 6.32. The normalized spacial score (nSPS) is 20.3. The van der Waals surface area contributed by atoms with Crippen molar-refractivity contribution in [3.05, 3.63) is 57.9 Å². The zero-order valence-corrected chi connectivity index (χ0v) is 11.2. The third-order valence-corrected chi connectivity index (χ3v) is 3.40. The lowest BCUT2D eigenvalue weighted by Gasteiger charge is -2.28. The van der Waals surface area contributed by atoms with E-state index in [0.717, 1.165) is 0 Å². The number of rotatable bonds is 1. The van der Waals surface area contributed by atoms with Gasteiger partial charge in [-0.3, -0.25) is 10.4 Å². The molecule has 0 saturated heterocycles. The summed E-state index contributed by atoms with van der Waals surface area (Å²) in [7, 11) is 0. The monoisotopic (exact) mass is 281 g/mol. The first-order chi connectivity index (χ1) is 10.1. The van der Waals surface area contributed by atoms with Crippen LogP contribution >= 0.6 is 0 Å². The Kier molecular flexibility index (Phi) is 3.03. The Balaban J connectivity index is 2.29. The second kappa shape index (κ2) is 4.87. The van der Waals surface area contributed by atoms with Gasteiger partial charge in [0.1, 0.15) is 17.4 Å². The molecular formula is C15H11N3O3. The van der Waals surface area contributed by atoms with Gasteiger partial charge in [-0.1, -0.05) is 6.07 Å². The van der Waals surface area contributed by atoms with Crippen molar-refractivity contribution in [1.29, 1.82) is 10.7 Å². The van der Waals surface area contributed by atoms with Crippen molar-refractivity contribution in [2.24, 2.45) is 5.92 Å². The topological polar surface area (TPSA) is 100.0 Å². The van der Waals surface area contributed by atoms with Gasteiger partial charge in [-0.15, -0.1) is 0 Å². The lowest BCUT2D eigenvalue weighted by Crippen LogP contribution is -2.34. The molecule has 3 heterocycles. The van der Waals surface area contributed by atoms with E-state index in [1.807, 2.05) is 6.07 Å². The number of pyridine rings is 1. The molecule has 1 aliphatic rings. The van der Waals surface area contributed by atoms with Crippen LogP contribution in [0.15, 0.2) is 39.8 Å². The van der Waals surface area contributed by atoms with Gasteiger partial charge in [0.2, 0.25) is 5.90 Å². The highest BCUT2D eigenvalue weighted by Crippen LogP contribution is 2.40. The van der Waals surface area contributed by atoms with E-state index in [9.17, 15) is 10.1 Å². The fraction of sp³-hybridized carbons (Fsp3) is 0.200. The Morgan fingerprint density at radius 3 is 2.95 bits per heavy atom. The van der Waals surface area contributed by atoms with Crippen molar-refractivity contribution in [2.75, 3.05) is 0 Å². The van der Waals surface area contributed by atoms with Crippen molar-refractivity contribution in [3.63, 3.8) is 0 Å². The minimum atomic E-state index is -0.882. The Hall–Kier alpha value is -2.94. The van der Waals surface area contributed by atoms with E-state index in [0.29, 0.717) is 11.3 Å². The molecule has 104 valence electrons. The molecule has 0 fully saturated rings. The number of nitrogens with zero attached hydrogens (tertiary/aromatic N) is 2. The second-order valence-corrected chi connectivity index (χ2v) is 4.76. The fourth-order valence-electron chi connectivity index (χ4n) is 2.51. The van der Waals surface area contributed by atoms with Crippen molar-refractivity contribution in [3.8, 4) is 11.8 Å². The van der Waals surface area contributed by atoms with Gasteiger partial charge in [0, 0.05) is 24.4 Å². The standard InChI is InChI=1S/C15H11N3O3/c1-8-5-11-13(15(19)20-8)12(9-3-2-4-18-7-9)10(6-16)14(17)21-11/h2-5,7,10,12,17H,1H3. The molecule has 2 unspecified atom stereocenters. The summed E-state index contributed by atoms with van der Waals surface area (Å²) in [4.78, 5) is 16.2. The zero-order valence-electron chi connectivity index (χ0n) is 11.2. The van der Waals surface area contributed by atoms with Crippen LogP contribution in [0.1, 0.15) is 22.8 Å². The van der Waals surface area contributed by atoms with Crippen molar-refractivity contribution in [1.82, 2.24) is 4.98 Å². The Labute approximate surface area is 120 Å². The largest absolute Gasteiger partial charge is 0.441 e. The van der Waals surface area contributed by atoms with Gasteiger partial charge in [0.15, 0.2) is 0 Å². The number of ether oxygens (including phenoxy) is 1. The SMILES string of the molecule is Cc1cc2c(c(=O)o1)C(c1cccnc1)C(C#N)C(=N)O2. The van der Waals surface area contributed by atoms with Crippen LogP contribution in [-0.2, 0) is 0 Å².